The Morgan fingerprint density at radius 2 is 1.76 bits per heavy atom. The Morgan fingerprint density at radius 1 is 1.00 bits per heavy atom. The largest absolute Gasteiger partial charge is 0.508 e. The number of rotatable bonds is 4. The molecule has 33 heavy (non-hydrogen) atoms. The molecule has 0 saturated heterocycles. The molecule has 0 saturated carbocycles. The SMILES string of the molecule is O=C1CCCC2=C1[C@@H](c1ccc(O)cc1)CC(=O)N2Nc1cc(=O)[nH]nc1-c1ccccc1. The molecule has 3 N–H and O–H groups in total. The number of aromatic nitrogens is 2. The summed E-state index contributed by atoms with van der Waals surface area (Å²) in [4.78, 5) is 38.3. The molecular formula is C25H22N4O4. The van der Waals surface area contributed by atoms with E-state index in [9.17, 15) is 19.5 Å². The second kappa shape index (κ2) is 8.38. The van der Waals surface area contributed by atoms with Gasteiger partial charge in [-0.2, -0.15) is 5.10 Å². The number of aromatic hydroxyl groups is 1. The van der Waals surface area contributed by atoms with Crippen molar-refractivity contribution in [1.82, 2.24) is 15.2 Å². The fourth-order valence-corrected chi connectivity index (χ4v) is 4.54. The van der Waals surface area contributed by atoms with Gasteiger partial charge in [0.1, 0.15) is 11.4 Å². The quantitative estimate of drug-likeness (QED) is 0.570. The molecule has 0 fully saturated rings. The van der Waals surface area contributed by atoms with E-state index < -0.39 is 5.56 Å². The van der Waals surface area contributed by atoms with Gasteiger partial charge in [-0.05, 0) is 30.5 Å². The Labute approximate surface area is 189 Å². The molecule has 2 aliphatic rings. The van der Waals surface area contributed by atoms with Crippen molar-refractivity contribution < 1.29 is 14.7 Å². The van der Waals surface area contributed by atoms with Crippen LogP contribution < -0.4 is 11.0 Å². The first-order valence-corrected chi connectivity index (χ1v) is 10.8. The van der Waals surface area contributed by atoms with Crippen molar-refractivity contribution in [2.24, 2.45) is 0 Å². The number of allylic oxidation sites excluding steroid dienone is 2. The molecule has 1 aliphatic carbocycles. The highest BCUT2D eigenvalue weighted by Gasteiger charge is 2.39. The lowest BCUT2D eigenvalue weighted by Gasteiger charge is -2.38. The number of amides is 1. The summed E-state index contributed by atoms with van der Waals surface area (Å²) in [5.41, 5.74) is 6.38. The minimum absolute atomic E-state index is 0.0148. The average molecular weight is 442 g/mol. The van der Waals surface area contributed by atoms with Crippen LogP contribution in [0.4, 0.5) is 5.69 Å². The van der Waals surface area contributed by atoms with Gasteiger partial charge in [-0.25, -0.2) is 10.1 Å². The molecular weight excluding hydrogens is 420 g/mol. The van der Waals surface area contributed by atoms with E-state index in [0.29, 0.717) is 41.9 Å². The van der Waals surface area contributed by atoms with Crippen molar-refractivity contribution in [3.05, 3.63) is 87.9 Å². The van der Waals surface area contributed by atoms with E-state index in [0.717, 1.165) is 11.1 Å². The maximum atomic E-state index is 13.3. The van der Waals surface area contributed by atoms with Gasteiger partial charge in [-0.15, -0.1) is 0 Å². The maximum Gasteiger partial charge on any atom is 0.266 e. The van der Waals surface area contributed by atoms with Crippen molar-refractivity contribution in [2.45, 2.75) is 31.6 Å². The lowest BCUT2D eigenvalue weighted by atomic mass is 9.77. The van der Waals surface area contributed by atoms with Crippen molar-refractivity contribution in [3.63, 3.8) is 0 Å². The zero-order valence-electron chi connectivity index (χ0n) is 17.7. The molecule has 3 aromatic rings. The zero-order chi connectivity index (χ0) is 22.9. The number of aromatic amines is 1. The lowest BCUT2D eigenvalue weighted by Crippen LogP contribution is -2.43. The summed E-state index contributed by atoms with van der Waals surface area (Å²) in [6.07, 6.45) is 1.73. The number of phenols is 1. The molecule has 8 nitrogen and oxygen atoms in total. The van der Waals surface area contributed by atoms with E-state index in [1.54, 1.807) is 24.3 Å². The van der Waals surface area contributed by atoms with Crippen LogP contribution in [-0.2, 0) is 9.59 Å². The smallest absolute Gasteiger partial charge is 0.266 e. The van der Waals surface area contributed by atoms with Crippen LogP contribution in [0, 0.1) is 0 Å². The van der Waals surface area contributed by atoms with Gasteiger partial charge in [0.2, 0.25) is 5.91 Å². The Hall–Kier alpha value is -4.20. The summed E-state index contributed by atoms with van der Waals surface area (Å²) in [5.74, 6) is -0.435. The Morgan fingerprint density at radius 3 is 2.52 bits per heavy atom. The molecule has 0 radical (unpaired) electrons. The number of phenolic OH excluding ortho intramolecular Hbond substituents is 1. The van der Waals surface area contributed by atoms with E-state index in [1.165, 1.54) is 11.1 Å². The monoisotopic (exact) mass is 442 g/mol. The van der Waals surface area contributed by atoms with Crippen molar-refractivity contribution >= 4 is 17.4 Å². The van der Waals surface area contributed by atoms with Crippen LogP contribution in [0.25, 0.3) is 11.3 Å². The van der Waals surface area contributed by atoms with Gasteiger partial charge in [0.05, 0.1) is 11.4 Å². The second-order valence-corrected chi connectivity index (χ2v) is 8.19. The van der Waals surface area contributed by atoms with Crippen molar-refractivity contribution in [3.8, 4) is 17.0 Å². The van der Waals surface area contributed by atoms with Gasteiger partial charge in [0.25, 0.3) is 5.56 Å². The number of ketones is 1. The Balaban J connectivity index is 1.58. The van der Waals surface area contributed by atoms with E-state index >= 15 is 0 Å². The molecule has 166 valence electrons. The van der Waals surface area contributed by atoms with Gasteiger partial charge in [-0.3, -0.25) is 19.8 Å². The molecule has 0 bridgehead atoms. The topological polar surface area (TPSA) is 115 Å². The first-order chi connectivity index (χ1) is 16.0. The first kappa shape index (κ1) is 20.7. The van der Waals surface area contributed by atoms with Crippen LogP contribution >= 0.6 is 0 Å². The normalized spacial score (nSPS) is 18.3. The third-order valence-corrected chi connectivity index (χ3v) is 6.06. The molecule has 1 amide bonds. The second-order valence-electron chi connectivity index (χ2n) is 8.19. The molecule has 5 rings (SSSR count). The summed E-state index contributed by atoms with van der Waals surface area (Å²) < 4.78 is 0. The van der Waals surface area contributed by atoms with Gasteiger partial charge >= 0.3 is 0 Å². The van der Waals surface area contributed by atoms with Crippen molar-refractivity contribution in [1.29, 1.82) is 0 Å². The number of anilines is 1. The third kappa shape index (κ3) is 3.91. The number of carbonyl (C=O) groups excluding carboxylic acids is 2. The lowest BCUT2D eigenvalue weighted by molar-refractivity contribution is -0.130. The molecule has 0 spiro atoms. The highest BCUT2D eigenvalue weighted by molar-refractivity contribution is 6.01. The first-order valence-electron chi connectivity index (χ1n) is 10.8. The number of hydrazine groups is 1. The van der Waals surface area contributed by atoms with Crippen LogP contribution in [0.1, 0.15) is 37.2 Å². The van der Waals surface area contributed by atoms with E-state index in [-0.39, 0.29) is 29.8 Å². The number of carbonyl (C=O) groups is 2. The predicted molar refractivity (Wildman–Crippen MR) is 122 cm³/mol. The van der Waals surface area contributed by atoms with Gasteiger partial charge in [-0.1, -0.05) is 42.5 Å². The molecule has 8 heteroatoms. The molecule has 1 atom stereocenters. The maximum absolute atomic E-state index is 13.3. The van der Waals surface area contributed by atoms with Crippen LogP contribution in [0.3, 0.4) is 0 Å². The Kier molecular flexibility index (Phi) is 5.26. The van der Waals surface area contributed by atoms with Crippen LogP contribution in [-0.4, -0.2) is 32.0 Å². The standard InChI is InChI=1S/C25H22N4O4/c30-17-11-9-15(10-12-17)18-13-23(33)29(20-7-4-8-21(31)24(18)20)28-19-14-22(32)26-27-25(19)16-5-2-1-3-6-16/h1-3,5-6,9-12,14,18,30H,4,7-8,13H2,(H2,26,28,32)/t18-/m1/s1. The number of nitrogens with one attached hydrogen (secondary N) is 2. The zero-order valence-corrected chi connectivity index (χ0v) is 17.7. The van der Waals surface area contributed by atoms with Crippen LogP contribution in [0.5, 0.6) is 5.75 Å². The van der Waals surface area contributed by atoms with E-state index in [2.05, 4.69) is 15.6 Å². The van der Waals surface area contributed by atoms with Gasteiger partial charge < -0.3 is 5.11 Å². The minimum atomic E-state index is -0.405. The Bertz CT molecular complexity index is 1310. The van der Waals surface area contributed by atoms with Crippen LogP contribution in [0.2, 0.25) is 0 Å². The van der Waals surface area contributed by atoms with E-state index in [1.807, 2.05) is 30.3 Å². The fourth-order valence-electron chi connectivity index (χ4n) is 4.54. The highest BCUT2D eigenvalue weighted by Crippen LogP contribution is 2.42. The number of hydrogen-bond donors (Lipinski definition) is 3. The summed E-state index contributed by atoms with van der Waals surface area (Å²) in [6, 6.07) is 17.3. The fraction of sp³-hybridized carbons (Fsp3) is 0.200. The molecule has 2 aromatic carbocycles. The van der Waals surface area contributed by atoms with E-state index in [4.69, 9.17) is 0 Å². The molecule has 1 aliphatic heterocycles. The molecule has 2 heterocycles. The summed E-state index contributed by atoms with van der Waals surface area (Å²) >= 11 is 0. The highest BCUT2D eigenvalue weighted by atomic mass is 16.3. The summed E-state index contributed by atoms with van der Waals surface area (Å²) in [7, 11) is 0. The van der Waals surface area contributed by atoms with Gasteiger partial charge in [0.15, 0.2) is 5.78 Å². The number of nitrogens with zero attached hydrogens (tertiary/aromatic N) is 2. The summed E-state index contributed by atoms with van der Waals surface area (Å²) in [5, 5.41) is 17.7. The number of hydrogen-bond acceptors (Lipinski definition) is 6. The minimum Gasteiger partial charge on any atom is -0.508 e. The van der Waals surface area contributed by atoms with Crippen molar-refractivity contribution in [2.75, 3.05) is 5.43 Å². The number of benzene rings is 2. The number of H-pyrrole nitrogens is 1. The number of Topliss-reactive ketones (excluding diaryl/α,β-unsaturated/α-hetero) is 1. The molecule has 0 unspecified atom stereocenters. The molecule has 1 aromatic heterocycles. The third-order valence-electron chi connectivity index (χ3n) is 6.06. The van der Waals surface area contributed by atoms with Crippen LogP contribution in [0.15, 0.2) is 76.7 Å². The predicted octanol–water partition coefficient (Wildman–Crippen LogP) is 3.49. The van der Waals surface area contributed by atoms with Gasteiger partial charge in [0, 0.05) is 36.0 Å². The summed E-state index contributed by atoms with van der Waals surface area (Å²) in [6.45, 7) is 0. The average Bonchev–Trinajstić information content (AvgIpc) is 2.82.